The number of ether oxygens (including phenoxy) is 2. The van der Waals surface area contributed by atoms with Gasteiger partial charge in [0.15, 0.2) is 5.78 Å². The van der Waals surface area contributed by atoms with E-state index >= 15 is 0 Å². The van der Waals surface area contributed by atoms with Gasteiger partial charge in [0.05, 0.1) is 17.9 Å². The van der Waals surface area contributed by atoms with Gasteiger partial charge < -0.3 is 9.47 Å². The first-order valence-electron chi connectivity index (χ1n) is 10.2. The minimum absolute atomic E-state index is 0.00243. The second kappa shape index (κ2) is 5.92. The van der Waals surface area contributed by atoms with E-state index in [0.717, 1.165) is 32.1 Å². The smallest absolute Gasteiger partial charge is 0.310 e. The van der Waals surface area contributed by atoms with Crippen LogP contribution in [0.3, 0.4) is 0 Å². The Kier molecular flexibility index (Phi) is 4.10. The van der Waals surface area contributed by atoms with Crippen LogP contribution < -0.4 is 0 Å². The predicted molar refractivity (Wildman–Crippen MR) is 98.6 cm³/mol. The molecule has 0 radical (unpaired) electrons. The van der Waals surface area contributed by atoms with E-state index in [-0.39, 0.29) is 52.9 Å². The Balaban J connectivity index is 1.78. The number of esters is 2. The van der Waals surface area contributed by atoms with Crippen molar-refractivity contribution in [3.63, 3.8) is 0 Å². The first-order valence-corrected chi connectivity index (χ1v) is 10.2. The highest BCUT2D eigenvalue weighted by Gasteiger charge is 2.67. The summed E-state index contributed by atoms with van der Waals surface area (Å²) in [7, 11) is 0. The Labute approximate surface area is 160 Å². The molecule has 5 heteroatoms. The zero-order valence-electron chi connectivity index (χ0n) is 16.6. The van der Waals surface area contributed by atoms with Gasteiger partial charge in [-0.05, 0) is 54.9 Å². The normalized spacial score (nSPS) is 46.2. The number of hydrogen-bond acceptors (Lipinski definition) is 5. The zero-order valence-corrected chi connectivity index (χ0v) is 16.6. The molecule has 0 spiro atoms. The molecule has 6 atom stereocenters. The maximum absolute atomic E-state index is 13.4. The number of fused-ring (bicyclic) bond motifs is 3. The summed E-state index contributed by atoms with van der Waals surface area (Å²) in [5.41, 5.74) is -0.545. The van der Waals surface area contributed by atoms with Crippen molar-refractivity contribution in [3.05, 3.63) is 12.2 Å². The van der Waals surface area contributed by atoms with E-state index in [0.29, 0.717) is 18.6 Å². The summed E-state index contributed by atoms with van der Waals surface area (Å²) < 4.78 is 11.0. The Morgan fingerprint density at radius 1 is 1.26 bits per heavy atom. The molecule has 5 nitrogen and oxygen atoms in total. The van der Waals surface area contributed by atoms with Crippen LogP contribution in [0.5, 0.6) is 0 Å². The summed E-state index contributed by atoms with van der Waals surface area (Å²) in [6.07, 6.45) is 5.39. The molecule has 4 rings (SSSR count). The van der Waals surface area contributed by atoms with Gasteiger partial charge in [-0.15, -0.1) is 0 Å². The van der Waals surface area contributed by atoms with Crippen molar-refractivity contribution in [1.29, 1.82) is 0 Å². The second-order valence-corrected chi connectivity index (χ2v) is 9.88. The molecular formula is C22H30O5. The van der Waals surface area contributed by atoms with E-state index in [9.17, 15) is 14.4 Å². The molecule has 27 heavy (non-hydrogen) atoms. The molecule has 4 fully saturated rings. The molecule has 1 saturated heterocycles. The van der Waals surface area contributed by atoms with Crippen LogP contribution in [0.25, 0.3) is 0 Å². The maximum atomic E-state index is 13.4. The van der Waals surface area contributed by atoms with Crippen LogP contribution in [0, 0.1) is 34.0 Å². The summed E-state index contributed by atoms with van der Waals surface area (Å²) in [6, 6.07) is 0. The van der Waals surface area contributed by atoms with Crippen LogP contribution in [-0.2, 0) is 23.9 Å². The fourth-order valence-electron chi connectivity index (χ4n) is 7.16. The first-order chi connectivity index (χ1) is 12.6. The summed E-state index contributed by atoms with van der Waals surface area (Å²) in [5, 5.41) is 0. The topological polar surface area (TPSA) is 69.7 Å². The van der Waals surface area contributed by atoms with E-state index in [1.165, 1.54) is 6.92 Å². The minimum atomic E-state index is -0.735. The van der Waals surface area contributed by atoms with Crippen molar-refractivity contribution in [2.24, 2.45) is 34.0 Å². The lowest BCUT2D eigenvalue weighted by Gasteiger charge is -2.55. The molecule has 1 heterocycles. The standard InChI is InChI=1S/C22H30O5/c1-13-15-6-7-16(22(10-15,18(13)24)12-26-14(2)23)21(4)9-5-8-20(3)11-27-19(25)17(20)21/h15-17H,1,5-12H2,2-4H3/t15-,16+,17-,20+,21+,22+/m1/s1. The fraction of sp³-hybridized carbons (Fsp3) is 0.773. The number of Topliss-reactive ketones (excluding diaryl/α,β-unsaturated/α-hetero) is 1. The highest BCUT2D eigenvalue weighted by Crippen LogP contribution is 2.66. The summed E-state index contributed by atoms with van der Waals surface area (Å²) >= 11 is 0. The van der Waals surface area contributed by atoms with Crippen LogP contribution in [0.1, 0.15) is 59.3 Å². The third-order valence-electron chi connectivity index (χ3n) is 8.25. The second-order valence-electron chi connectivity index (χ2n) is 9.88. The SMILES string of the molecule is C=C1C(=O)[C@]2(COC(C)=O)C[C@H]1CC[C@H]2[C@]1(C)CCC[C@@]2(C)COC(=O)[C@H]21. The van der Waals surface area contributed by atoms with Crippen molar-refractivity contribution in [3.8, 4) is 0 Å². The highest BCUT2D eigenvalue weighted by atomic mass is 16.5. The van der Waals surface area contributed by atoms with Gasteiger partial charge in [0.1, 0.15) is 6.61 Å². The summed E-state index contributed by atoms with van der Waals surface area (Å²) in [4.78, 5) is 37.7. The molecule has 0 N–H and O–H groups in total. The first kappa shape index (κ1) is 18.7. The van der Waals surface area contributed by atoms with E-state index in [2.05, 4.69) is 20.4 Å². The molecule has 2 bridgehead atoms. The molecule has 3 saturated carbocycles. The van der Waals surface area contributed by atoms with Crippen molar-refractivity contribution >= 4 is 17.7 Å². The average Bonchev–Trinajstić information content (AvgIpc) is 3.02. The summed E-state index contributed by atoms with van der Waals surface area (Å²) in [6.45, 7) is 10.4. The maximum Gasteiger partial charge on any atom is 0.310 e. The lowest BCUT2D eigenvalue weighted by atomic mass is 9.46. The number of allylic oxidation sites excluding steroid dienone is 1. The van der Waals surface area contributed by atoms with Crippen LogP contribution >= 0.6 is 0 Å². The third kappa shape index (κ3) is 2.46. The van der Waals surface area contributed by atoms with Crippen molar-refractivity contribution in [1.82, 2.24) is 0 Å². The molecular weight excluding hydrogens is 344 g/mol. The molecule has 0 amide bonds. The Hall–Kier alpha value is -1.65. The lowest BCUT2D eigenvalue weighted by Crippen LogP contribution is -2.56. The number of carbonyl (C=O) groups excluding carboxylic acids is 3. The van der Waals surface area contributed by atoms with Gasteiger partial charge in [-0.2, -0.15) is 0 Å². The lowest BCUT2D eigenvalue weighted by molar-refractivity contribution is -0.166. The van der Waals surface area contributed by atoms with Gasteiger partial charge in [-0.3, -0.25) is 14.4 Å². The zero-order chi connectivity index (χ0) is 19.6. The monoisotopic (exact) mass is 374 g/mol. The molecule has 0 unspecified atom stereocenters. The van der Waals surface area contributed by atoms with Gasteiger partial charge in [0.2, 0.25) is 0 Å². The van der Waals surface area contributed by atoms with Crippen molar-refractivity contribution < 1.29 is 23.9 Å². The van der Waals surface area contributed by atoms with Crippen LogP contribution in [0.15, 0.2) is 12.2 Å². The van der Waals surface area contributed by atoms with E-state index in [1.54, 1.807) is 0 Å². The van der Waals surface area contributed by atoms with E-state index in [4.69, 9.17) is 9.47 Å². The quantitative estimate of drug-likeness (QED) is 0.559. The van der Waals surface area contributed by atoms with Crippen LogP contribution in [0.4, 0.5) is 0 Å². The molecule has 0 aromatic rings. The Morgan fingerprint density at radius 3 is 2.70 bits per heavy atom. The van der Waals surface area contributed by atoms with Crippen molar-refractivity contribution in [2.75, 3.05) is 13.2 Å². The van der Waals surface area contributed by atoms with E-state index < -0.39 is 5.41 Å². The minimum Gasteiger partial charge on any atom is -0.465 e. The number of carbonyl (C=O) groups is 3. The van der Waals surface area contributed by atoms with E-state index in [1.807, 2.05) is 0 Å². The Morgan fingerprint density at radius 2 is 2.00 bits per heavy atom. The van der Waals surface area contributed by atoms with Gasteiger partial charge in [0.25, 0.3) is 0 Å². The molecule has 3 aliphatic carbocycles. The highest BCUT2D eigenvalue weighted by molar-refractivity contribution is 6.03. The molecule has 148 valence electrons. The number of rotatable bonds is 3. The fourth-order valence-corrected chi connectivity index (χ4v) is 7.16. The number of hydrogen-bond donors (Lipinski definition) is 0. The van der Waals surface area contributed by atoms with Crippen LogP contribution in [0.2, 0.25) is 0 Å². The van der Waals surface area contributed by atoms with Crippen LogP contribution in [-0.4, -0.2) is 30.9 Å². The molecule has 0 aromatic heterocycles. The Bertz CT molecular complexity index is 726. The molecule has 4 aliphatic rings. The average molecular weight is 374 g/mol. The summed E-state index contributed by atoms with van der Waals surface area (Å²) in [5.74, 6) is -0.448. The predicted octanol–water partition coefficient (Wildman–Crippen LogP) is 3.46. The van der Waals surface area contributed by atoms with Gasteiger partial charge in [-0.1, -0.05) is 26.8 Å². The number of cyclic esters (lactones) is 1. The van der Waals surface area contributed by atoms with Crippen molar-refractivity contribution in [2.45, 2.75) is 59.3 Å². The third-order valence-corrected chi connectivity index (χ3v) is 8.25. The van der Waals surface area contributed by atoms with Gasteiger partial charge >= 0.3 is 11.9 Å². The largest absolute Gasteiger partial charge is 0.465 e. The number of ketones is 1. The van der Waals surface area contributed by atoms with Gasteiger partial charge in [0, 0.05) is 12.3 Å². The van der Waals surface area contributed by atoms with Gasteiger partial charge in [-0.25, -0.2) is 0 Å². The molecule has 0 aromatic carbocycles. The molecule has 1 aliphatic heterocycles.